The lowest BCUT2D eigenvalue weighted by Gasteiger charge is -2.22. The molecule has 0 aromatic heterocycles. The van der Waals surface area contributed by atoms with Gasteiger partial charge in [-0.05, 0) is 12.8 Å². The maximum absolute atomic E-state index is 11.7. The summed E-state index contributed by atoms with van der Waals surface area (Å²) in [6.45, 7) is 2.02. The van der Waals surface area contributed by atoms with Gasteiger partial charge in [-0.15, -0.1) is 0 Å². The van der Waals surface area contributed by atoms with Crippen LogP contribution in [0.2, 0.25) is 0 Å². The first kappa shape index (κ1) is 12.5. The molecule has 1 aliphatic heterocycles. The average molecular weight is 227 g/mol. The Morgan fingerprint density at radius 3 is 2.62 bits per heavy atom. The smallest absolute Gasteiger partial charge is 0.243 e. The number of nitrogens with zero attached hydrogens (tertiary/aromatic N) is 1. The van der Waals surface area contributed by atoms with E-state index < -0.39 is 6.04 Å². The van der Waals surface area contributed by atoms with Crippen LogP contribution in [0, 0.1) is 0 Å². The maximum Gasteiger partial charge on any atom is 0.243 e. The molecular formula is C10H17N3O3. The summed E-state index contributed by atoms with van der Waals surface area (Å²) in [5.74, 6) is -0.602. The quantitative estimate of drug-likeness (QED) is 0.639. The summed E-state index contributed by atoms with van der Waals surface area (Å²) in [4.78, 5) is 35.4. The van der Waals surface area contributed by atoms with E-state index in [1.54, 1.807) is 4.90 Å². The second-order valence-electron chi connectivity index (χ2n) is 3.76. The zero-order valence-corrected chi connectivity index (χ0v) is 9.58. The number of nitrogens with one attached hydrogen (secondary N) is 2. The fourth-order valence-corrected chi connectivity index (χ4v) is 1.79. The summed E-state index contributed by atoms with van der Waals surface area (Å²) >= 11 is 0. The standard InChI is InChI=1S/C10H17N3O3/c1-7(14)13-5-3-4-8(13)10(16)12-6-9(15)11-2/h8H,3-6H2,1-2H3,(H,11,15)(H,12,16)/t8-/m0/s1. The van der Waals surface area contributed by atoms with Gasteiger partial charge in [-0.25, -0.2) is 0 Å². The Morgan fingerprint density at radius 1 is 1.38 bits per heavy atom. The van der Waals surface area contributed by atoms with Gasteiger partial charge >= 0.3 is 0 Å². The van der Waals surface area contributed by atoms with Crippen LogP contribution in [-0.4, -0.2) is 48.8 Å². The third-order valence-corrected chi connectivity index (χ3v) is 2.66. The van der Waals surface area contributed by atoms with Gasteiger partial charge in [0.05, 0.1) is 6.54 Å². The average Bonchev–Trinajstić information content (AvgIpc) is 2.74. The third kappa shape index (κ3) is 2.95. The second kappa shape index (κ2) is 5.48. The summed E-state index contributed by atoms with van der Waals surface area (Å²) in [5.41, 5.74) is 0. The van der Waals surface area contributed by atoms with E-state index >= 15 is 0 Å². The van der Waals surface area contributed by atoms with Crippen molar-refractivity contribution in [3.05, 3.63) is 0 Å². The number of carbonyl (C=O) groups is 3. The first-order valence-corrected chi connectivity index (χ1v) is 5.31. The van der Waals surface area contributed by atoms with Crippen LogP contribution in [0.1, 0.15) is 19.8 Å². The van der Waals surface area contributed by atoms with E-state index in [2.05, 4.69) is 10.6 Å². The van der Waals surface area contributed by atoms with Crippen molar-refractivity contribution in [3.8, 4) is 0 Å². The van der Waals surface area contributed by atoms with Crippen LogP contribution in [0.25, 0.3) is 0 Å². The molecule has 1 atom stereocenters. The minimum Gasteiger partial charge on any atom is -0.358 e. The summed E-state index contributed by atoms with van der Waals surface area (Å²) in [7, 11) is 1.51. The van der Waals surface area contributed by atoms with Crippen molar-refractivity contribution in [1.82, 2.24) is 15.5 Å². The Labute approximate surface area is 94.4 Å². The zero-order chi connectivity index (χ0) is 12.1. The fraction of sp³-hybridized carbons (Fsp3) is 0.700. The molecule has 0 aromatic carbocycles. The summed E-state index contributed by atoms with van der Waals surface area (Å²) in [6, 6.07) is -0.415. The van der Waals surface area contributed by atoms with E-state index in [0.717, 1.165) is 6.42 Å². The number of hydrogen-bond donors (Lipinski definition) is 2. The molecule has 1 fully saturated rings. The van der Waals surface area contributed by atoms with Gasteiger partial charge in [0.1, 0.15) is 6.04 Å². The molecular weight excluding hydrogens is 210 g/mol. The van der Waals surface area contributed by atoms with Crippen molar-refractivity contribution in [2.75, 3.05) is 20.1 Å². The number of carbonyl (C=O) groups excluding carboxylic acids is 3. The van der Waals surface area contributed by atoms with Gasteiger partial charge in [0.25, 0.3) is 0 Å². The predicted molar refractivity (Wildman–Crippen MR) is 57.5 cm³/mol. The van der Waals surface area contributed by atoms with E-state index in [1.165, 1.54) is 14.0 Å². The van der Waals surface area contributed by atoms with Crippen molar-refractivity contribution in [2.45, 2.75) is 25.8 Å². The Kier molecular flexibility index (Phi) is 4.28. The van der Waals surface area contributed by atoms with Crippen LogP contribution in [0.4, 0.5) is 0 Å². The number of amides is 3. The topological polar surface area (TPSA) is 78.5 Å². The molecule has 1 heterocycles. The molecule has 90 valence electrons. The number of likely N-dealkylation sites (tertiary alicyclic amines) is 1. The van der Waals surface area contributed by atoms with Crippen molar-refractivity contribution in [2.24, 2.45) is 0 Å². The molecule has 0 aromatic rings. The summed E-state index contributed by atoms with van der Waals surface area (Å²) in [6.07, 6.45) is 1.50. The van der Waals surface area contributed by atoms with E-state index in [0.29, 0.717) is 13.0 Å². The molecule has 0 spiro atoms. The molecule has 16 heavy (non-hydrogen) atoms. The van der Waals surface area contributed by atoms with Crippen molar-refractivity contribution >= 4 is 17.7 Å². The molecule has 3 amide bonds. The molecule has 0 aliphatic carbocycles. The Hall–Kier alpha value is -1.59. The van der Waals surface area contributed by atoms with Gasteiger partial charge in [0, 0.05) is 20.5 Å². The summed E-state index contributed by atoms with van der Waals surface area (Å²) in [5, 5.41) is 4.93. The lowest BCUT2D eigenvalue weighted by atomic mass is 10.2. The van der Waals surface area contributed by atoms with Crippen molar-refractivity contribution < 1.29 is 14.4 Å². The van der Waals surface area contributed by atoms with Gasteiger partial charge < -0.3 is 15.5 Å². The van der Waals surface area contributed by atoms with Crippen LogP contribution < -0.4 is 10.6 Å². The van der Waals surface area contributed by atoms with Crippen molar-refractivity contribution in [3.63, 3.8) is 0 Å². The number of likely N-dealkylation sites (N-methyl/N-ethyl adjacent to an activating group) is 1. The molecule has 1 aliphatic rings. The Bertz CT molecular complexity index is 304. The predicted octanol–water partition coefficient (Wildman–Crippen LogP) is -1.14. The molecule has 2 N–H and O–H groups in total. The third-order valence-electron chi connectivity index (χ3n) is 2.66. The minimum absolute atomic E-state index is 0.0441. The molecule has 6 nitrogen and oxygen atoms in total. The van der Waals surface area contributed by atoms with Crippen LogP contribution in [0.15, 0.2) is 0 Å². The highest BCUT2D eigenvalue weighted by Gasteiger charge is 2.32. The van der Waals surface area contributed by atoms with Gasteiger partial charge in [-0.1, -0.05) is 0 Å². The lowest BCUT2D eigenvalue weighted by Crippen LogP contribution is -2.47. The minimum atomic E-state index is -0.415. The van der Waals surface area contributed by atoms with Crippen LogP contribution in [-0.2, 0) is 14.4 Å². The highest BCUT2D eigenvalue weighted by atomic mass is 16.2. The van der Waals surface area contributed by atoms with Gasteiger partial charge in [0.15, 0.2) is 0 Å². The number of rotatable bonds is 3. The van der Waals surface area contributed by atoms with Crippen LogP contribution in [0.5, 0.6) is 0 Å². The van der Waals surface area contributed by atoms with Gasteiger partial charge in [-0.3, -0.25) is 14.4 Å². The Balaban J connectivity index is 2.47. The van der Waals surface area contributed by atoms with Crippen LogP contribution >= 0.6 is 0 Å². The largest absolute Gasteiger partial charge is 0.358 e. The number of hydrogen-bond acceptors (Lipinski definition) is 3. The lowest BCUT2D eigenvalue weighted by molar-refractivity contribution is -0.137. The fourth-order valence-electron chi connectivity index (χ4n) is 1.79. The van der Waals surface area contributed by atoms with Crippen molar-refractivity contribution in [1.29, 1.82) is 0 Å². The molecule has 1 rings (SSSR count). The molecule has 0 saturated carbocycles. The summed E-state index contributed by atoms with van der Waals surface area (Å²) < 4.78 is 0. The highest BCUT2D eigenvalue weighted by molar-refractivity contribution is 5.90. The Morgan fingerprint density at radius 2 is 2.06 bits per heavy atom. The highest BCUT2D eigenvalue weighted by Crippen LogP contribution is 2.16. The van der Waals surface area contributed by atoms with Gasteiger partial charge in [-0.2, -0.15) is 0 Å². The molecule has 6 heteroatoms. The first-order chi connectivity index (χ1) is 7.56. The molecule has 0 unspecified atom stereocenters. The van der Waals surface area contributed by atoms with E-state index in [-0.39, 0.29) is 24.3 Å². The first-order valence-electron chi connectivity index (χ1n) is 5.31. The SMILES string of the molecule is CNC(=O)CNC(=O)[C@@H]1CCCN1C(C)=O. The molecule has 0 radical (unpaired) electrons. The van der Waals surface area contributed by atoms with Gasteiger partial charge in [0.2, 0.25) is 17.7 Å². The monoisotopic (exact) mass is 227 g/mol. The maximum atomic E-state index is 11.7. The molecule has 0 bridgehead atoms. The van der Waals surface area contributed by atoms with Crippen LogP contribution in [0.3, 0.4) is 0 Å². The van der Waals surface area contributed by atoms with E-state index in [9.17, 15) is 14.4 Å². The zero-order valence-electron chi connectivity index (χ0n) is 9.58. The van der Waals surface area contributed by atoms with E-state index in [4.69, 9.17) is 0 Å². The van der Waals surface area contributed by atoms with E-state index in [1.807, 2.05) is 0 Å². The molecule has 1 saturated heterocycles. The second-order valence-corrected chi connectivity index (χ2v) is 3.76. The normalized spacial score (nSPS) is 19.4.